The first-order valence-electron chi connectivity index (χ1n) is 5.58. The Morgan fingerprint density at radius 2 is 2.12 bits per heavy atom. The fraction of sp³-hybridized carbons (Fsp3) is 0.417. The van der Waals surface area contributed by atoms with Crippen LogP contribution in [0.5, 0.6) is 0 Å². The first-order chi connectivity index (χ1) is 8.08. The van der Waals surface area contributed by atoms with Gasteiger partial charge in [-0.3, -0.25) is 0 Å². The van der Waals surface area contributed by atoms with E-state index in [1.807, 2.05) is 24.3 Å². The Hall–Kier alpha value is -1.59. The van der Waals surface area contributed by atoms with Gasteiger partial charge in [0.25, 0.3) is 0 Å². The molecule has 2 rings (SSSR count). The van der Waals surface area contributed by atoms with Crippen molar-refractivity contribution in [1.29, 1.82) is 0 Å². The maximum absolute atomic E-state index is 11.2. The number of aliphatic hydroxyl groups is 1. The molecule has 1 aromatic carbocycles. The number of hydrogen-bond acceptors (Lipinski definition) is 3. The van der Waals surface area contributed by atoms with Crippen molar-refractivity contribution in [3.8, 4) is 0 Å². The van der Waals surface area contributed by atoms with E-state index >= 15 is 0 Å². The molecule has 0 fully saturated rings. The Morgan fingerprint density at radius 3 is 2.71 bits per heavy atom. The Morgan fingerprint density at radius 1 is 1.47 bits per heavy atom. The van der Waals surface area contributed by atoms with Crippen LogP contribution >= 0.6 is 0 Å². The number of hydrogen-bond donors (Lipinski definition) is 3. The molecule has 1 heterocycles. The van der Waals surface area contributed by atoms with E-state index in [1.165, 1.54) is 4.90 Å². The second-order valence-electron chi connectivity index (χ2n) is 4.34. The van der Waals surface area contributed by atoms with Gasteiger partial charge in [0.2, 0.25) is 0 Å². The van der Waals surface area contributed by atoms with Gasteiger partial charge in [-0.1, -0.05) is 24.3 Å². The molecule has 1 aliphatic rings. The molecule has 17 heavy (non-hydrogen) atoms. The van der Waals surface area contributed by atoms with Gasteiger partial charge in [-0.25, -0.2) is 4.79 Å². The maximum Gasteiger partial charge on any atom is 0.407 e. The van der Waals surface area contributed by atoms with Crippen molar-refractivity contribution in [3.05, 3.63) is 35.4 Å². The van der Waals surface area contributed by atoms with E-state index in [0.29, 0.717) is 13.0 Å². The second kappa shape index (κ2) is 4.73. The molecule has 0 aliphatic carbocycles. The summed E-state index contributed by atoms with van der Waals surface area (Å²) in [6, 6.07) is 7.51. The lowest BCUT2D eigenvalue weighted by Gasteiger charge is -2.35. The molecule has 1 amide bonds. The van der Waals surface area contributed by atoms with E-state index in [0.717, 1.165) is 11.1 Å². The molecule has 92 valence electrons. The smallest absolute Gasteiger partial charge is 0.407 e. The van der Waals surface area contributed by atoms with Crippen molar-refractivity contribution in [1.82, 2.24) is 4.90 Å². The molecule has 0 saturated carbocycles. The summed E-state index contributed by atoms with van der Waals surface area (Å²) in [7, 11) is 0. The highest BCUT2D eigenvalue weighted by molar-refractivity contribution is 5.66. The number of aliphatic hydroxyl groups excluding tert-OH is 1. The summed E-state index contributed by atoms with van der Waals surface area (Å²) in [5.74, 6) is 0. The van der Waals surface area contributed by atoms with Gasteiger partial charge >= 0.3 is 6.09 Å². The fourth-order valence-corrected chi connectivity index (χ4v) is 2.30. The van der Waals surface area contributed by atoms with Crippen LogP contribution in [0.4, 0.5) is 4.79 Å². The van der Waals surface area contributed by atoms with Crippen LogP contribution in [0, 0.1) is 0 Å². The highest BCUT2D eigenvalue weighted by atomic mass is 16.4. The number of benzene rings is 1. The Bertz CT molecular complexity index is 420. The van der Waals surface area contributed by atoms with Crippen molar-refractivity contribution in [2.45, 2.75) is 31.7 Å². The van der Waals surface area contributed by atoms with Gasteiger partial charge in [0, 0.05) is 19.0 Å². The molecule has 1 aliphatic heterocycles. The van der Waals surface area contributed by atoms with Gasteiger partial charge in [-0.15, -0.1) is 0 Å². The average molecular weight is 236 g/mol. The summed E-state index contributed by atoms with van der Waals surface area (Å²) in [5.41, 5.74) is 7.50. The fourth-order valence-electron chi connectivity index (χ4n) is 2.30. The topological polar surface area (TPSA) is 86.8 Å². The van der Waals surface area contributed by atoms with Gasteiger partial charge < -0.3 is 20.8 Å². The van der Waals surface area contributed by atoms with E-state index in [9.17, 15) is 9.90 Å². The Labute approximate surface area is 99.5 Å². The van der Waals surface area contributed by atoms with E-state index in [4.69, 9.17) is 10.8 Å². The number of fused-ring (bicyclic) bond motifs is 1. The van der Waals surface area contributed by atoms with Crippen molar-refractivity contribution < 1.29 is 15.0 Å². The standard InChI is InChI=1S/C12H16N2O3/c13-11(15)6-10-5-8-3-1-2-4-9(8)7-14(10)12(16)17/h1-4,10-11,15H,5-7,13H2,(H,16,17)/t10-,11+/m0/s1. The molecule has 2 atom stereocenters. The van der Waals surface area contributed by atoms with E-state index < -0.39 is 12.3 Å². The van der Waals surface area contributed by atoms with Gasteiger partial charge in [-0.05, 0) is 17.5 Å². The van der Waals surface area contributed by atoms with Gasteiger partial charge in [0.05, 0.1) is 0 Å². The zero-order chi connectivity index (χ0) is 12.4. The third-order valence-corrected chi connectivity index (χ3v) is 3.11. The highest BCUT2D eigenvalue weighted by Gasteiger charge is 2.30. The lowest BCUT2D eigenvalue weighted by molar-refractivity contribution is 0.0827. The van der Waals surface area contributed by atoms with Crippen LogP contribution < -0.4 is 5.73 Å². The third-order valence-electron chi connectivity index (χ3n) is 3.11. The number of carboxylic acid groups (broad SMARTS) is 1. The summed E-state index contributed by atoms with van der Waals surface area (Å²) in [6.45, 7) is 0.364. The number of nitrogens with two attached hydrogens (primary N) is 1. The van der Waals surface area contributed by atoms with Gasteiger partial charge in [0.1, 0.15) is 6.23 Å². The first-order valence-corrected chi connectivity index (χ1v) is 5.58. The number of nitrogens with zero attached hydrogens (tertiary/aromatic N) is 1. The summed E-state index contributed by atoms with van der Waals surface area (Å²) < 4.78 is 0. The third kappa shape index (κ3) is 2.57. The van der Waals surface area contributed by atoms with E-state index in [2.05, 4.69) is 0 Å². The lowest BCUT2D eigenvalue weighted by atomic mass is 9.92. The van der Waals surface area contributed by atoms with Crippen LogP contribution in [0.1, 0.15) is 17.5 Å². The summed E-state index contributed by atoms with van der Waals surface area (Å²) in [6.07, 6.45) is -1.07. The zero-order valence-corrected chi connectivity index (χ0v) is 9.41. The minimum atomic E-state index is -0.980. The quantitative estimate of drug-likeness (QED) is 0.661. The predicted octanol–water partition coefficient (Wildman–Crippen LogP) is 0.758. The predicted molar refractivity (Wildman–Crippen MR) is 62.3 cm³/mol. The zero-order valence-electron chi connectivity index (χ0n) is 9.41. The minimum Gasteiger partial charge on any atom is -0.465 e. The SMILES string of the molecule is N[C@H](O)C[C@@H]1Cc2ccccc2CN1C(=O)O. The van der Waals surface area contributed by atoms with Crippen LogP contribution in [-0.2, 0) is 13.0 Å². The molecule has 4 N–H and O–H groups in total. The summed E-state index contributed by atoms with van der Waals surface area (Å²) >= 11 is 0. The first kappa shape index (κ1) is 11.9. The average Bonchev–Trinajstić information content (AvgIpc) is 2.27. The molecule has 0 radical (unpaired) electrons. The Kier molecular flexibility index (Phi) is 3.31. The molecule has 0 aromatic heterocycles. The Balaban J connectivity index is 2.24. The highest BCUT2D eigenvalue weighted by Crippen LogP contribution is 2.25. The molecule has 5 nitrogen and oxygen atoms in total. The summed E-state index contributed by atoms with van der Waals surface area (Å²) in [4.78, 5) is 12.5. The largest absolute Gasteiger partial charge is 0.465 e. The lowest BCUT2D eigenvalue weighted by Crippen LogP contribution is -2.46. The molecule has 0 spiro atoms. The number of rotatable bonds is 2. The molecule has 5 heteroatoms. The van der Waals surface area contributed by atoms with Crippen LogP contribution in [-0.4, -0.2) is 33.5 Å². The van der Waals surface area contributed by atoms with Crippen molar-refractivity contribution in [2.24, 2.45) is 5.73 Å². The van der Waals surface area contributed by atoms with Crippen LogP contribution in [0.25, 0.3) is 0 Å². The second-order valence-corrected chi connectivity index (χ2v) is 4.34. The van der Waals surface area contributed by atoms with Gasteiger partial charge in [-0.2, -0.15) is 0 Å². The maximum atomic E-state index is 11.2. The minimum absolute atomic E-state index is 0.248. The van der Waals surface area contributed by atoms with E-state index in [1.54, 1.807) is 0 Å². The molecular weight excluding hydrogens is 220 g/mol. The molecule has 0 bridgehead atoms. The van der Waals surface area contributed by atoms with Crippen LogP contribution in [0.2, 0.25) is 0 Å². The van der Waals surface area contributed by atoms with Crippen LogP contribution in [0.15, 0.2) is 24.3 Å². The normalized spacial score (nSPS) is 20.8. The monoisotopic (exact) mass is 236 g/mol. The molecular formula is C12H16N2O3. The van der Waals surface area contributed by atoms with Crippen LogP contribution in [0.3, 0.4) is 0 Å². The number of amides is 1. The summed E-state index contributed by atoms with van der Waals surface area (Å²) in [5, 5.41) is 18.4. The van der Waals surface area contributed by atoms with Gasteiger partial charge in [0.15, 0.2) is 0 Å². The molecule has 0 saturated heterocycles. The van der Waals surface area contributed by atoms with Crippen molar-refractivity contribution in [3.63, 3.8) is 0 Å². The van der Waals surface area contributed by atoms with Crippen molar-refractivity contribution >= 4 is 6.09 Å². The van der Waals surface area contributed by atoms with E-state index in [-0.39, 0.29) is 12.5 Å². The number of carbonyl (C=O) groups is 1. The van der Waals surface area contributed by atoms with Crippen molar-refractivity contribution in [2.75, 3.05) is 0 Å². The molecule has 0 unspecified atom stereocenters. The molecule has 1 aromatic rings.